The summed E-state index contributed by atoms with van der Waals surface area (Å²) in [5, 5.41) is 26.6. The van der Waals surface area contributed by atoms with Crippen LogP contribution in [0.3, 0.4) is 0 Å². The molecule has 36 heavy (non-hydrogen) atoms. The van der Waals surface area contributed by atoms with Gasteiger partial charge in [0.15, 0.2) is 17.3 Å². The molecule has 0 aromatic heterocycles. The predicted molar refractivity (Wildman–Crippen MR) is 138 cm³/mol. The molecule has 1 fully saturated rings. The van der Waals surface area contributed by atoms with Gasteiger partial charge in [-0.3, -0.25) is 20.1 Å². The fraction of sp³-hybridized carbons (Fsp3) is 0.444. The number of carbonyl (C=O) groups is 3. The lowest BCUT2D eigenvalue weighted by atomic mass is 9.76. The lowest BCUT2D eigenvalue weighted by Gasteiger charge is -2.35. The molecular weight excluding hydrogens is 482 g/mol. The molecule has 5 atom stereocenters. The van der Waals surface area contributed by atoms with Crippen LogP contribution < -0.4 is 16.4 Å². The first-order chi connectivity index (χ1) is 16.7. The number of rotatable bonds is 8. The maximum Gasteiger partial charge on any atom is 0.238 e. The number of hydrogen-bond acceptors (Lipinski definition) is 7. The van der Waals surface area contributed by atoms with Gasteiger partial charge in [0.25, 0.3) is 0 Å². The van der Waals surface area contributed by atoms with Crippen LogP contribution in [-0.2, 0) is 16.0 Å². The Bertz CT molecular complexity index is 1130. The standard InChI is InChI=1S/C27H34ClN3O5/c1-15-17(11-8-12-20(15)32)23(33)18(13-16-9-6-5-7-10-16)27(29,36)24(34)21-19(28)14-30-22(21)25(35)31-26(2,3)4/h5-12,18-19,21-22,30,32,36H,13-14,29H2,1-4H3,(H,31,35)/t18-,19-,21?,22+,27+/m1/s1. The highest BCUT2D eigenvalue weighted by molar-refractivity contribution is 6.23. The highest BCUT2D eigenvalue weighted by atomic mass is 35.5. The molecule has 3 rings (SSSR count). The van der Waals surface area contributed by atoms with Gasteiger partial charge in [-0.05, 0) is 45.7 Å². The first-order valence-corrected chi connectivity index (χ1v) is 12.3. The number of aromatic hydroxyl groups is 1. The molecule has 0 saturated carbocycles. The molecule has 194 valence electrons. The van der Waals surface area contributed by atoms with Crippen LogP contribution in [0.2, 0.25) is 0 Å². The molecule has 1 aliphatic heterocycles. The molecule has 1 aliphatic rings. The lowest BCUT2D eigenvalue weighted by molar-refractivity contribution is -0.147. The van der Waals surface area contributed by atoms with Gasteiger partial charge < -0.3 is 20.8 Å². The second-order valence-electron chi connectivity index (χ2n) is 10.4. The van der Waals surface area contributed by atoms with E-state index >= 15 is 0 Å². The van der Waals surface area contributed by atoms with Crippen LogP contribution in [0.1, 0.15) is 42.3 Å². The number of nitrogens with two attached hydrogens (primary N) is 1. The minimum absolute atomic E-state index is 0.0422. The summed E-state index contributed by atoms with van der Waals surface area (Å²) in [6, 6.07) is 12.3. The van der Waals surface area contributed by atoms with Gasteiger partial charge in [-0.2, -0.15) is 0 Å². The van der Waals surface area contributed by atoms with E-state index in [9.17, 15) is 24.6 Å². The molecule has 1 amide bonds. The topological polar surface area (TPSA) is 142 Å². The second kappa shape index (κ2) is 10.7. The number of alkyl halides is 1. The van der Waals surface area contributed by atoms with E-state index in [0.29, 0.717) is 11.1 Å². The van der Waals surface area contributed by atoms with E-state index in [0.717, 1.165) is 0 Å². The van der Waals surface area contributed by atoms with Gasteiger partial charge in [-0.15, -0.1) is 11.6 Å². The number of amides is 1. The van der Waals surface area contributed by atoms with E-state index < -0.39 is 52.0 Å². The summed E-state index contributed by atoms with van der Waals surface area (Å²) in [6.45, 7) is 7.14. The Morgan fingerprint density at radius 3 is 2.39 bits per heavy atom. The summed E-state index contributed by atoms with van der Waals surface area (Å²) in [5.41, 5.74) is 4.24. The van der Waals surface area contributed by atoms with Crippen molar-refractivity contribution >= 4 is 29.1 Å². The molecule has 9 heteroatoms. The van der Waals surface area contributed by atoms with Crippen LogP contribution in [0, 0.1) is 18.8 Å². The van der Waals surface area contributed by atoms with Gasteiger partial charge in [0.2, 0.25) is 5.91 Å². The number of nitrogens with one attached hydrogen (secondary N) is 2. The van der Waals surface area contributed by atoms with Gasteiger partial charge in [0, 0.05) is 23.2 Å². The van der Waals surface area contributed by atoms with Crippen LogP contribution in [0.5, 0.6) is 5.75 Å². The van der Waals surface area contributed by atoms with Crippen molar-refractivity contribution in [2.24, 2.45) is 17.6 Å². The third kappa shape index (κ3) is 5.95. The van der Waals surface area contributed by atoms with E-state index in [2.05, 4.69) is 10.6 Å². The normalized spacial score (nSPS) is 22.5. The van der Waals surface area contributed by atoms with Gasteiger partial charge in [0.05, 0.1) is 23.3 Å². The van der Waals surface area contributed by atoms with Gasteiger partial charge >= 0.3 is 0 Å². The quantitative estimate of drug-likeness (QED) is 0.206. The minimum atomic E-state index is -2.64. The van der Waals surface area contributed by atoms with Crippen LogP contribution >= 0.6 is 11.6 Å². The van der Waals surface area contributed by atoms with Crippen LogP contribution in [0.4, 0.5) is 0 Å². The Balaban J connectivity index is 2.01. The molecular formula is C27H34ClN3O5. The van der Waals surface area contributed by atoms with Crippen molar-refractivity contribution < 1.29 is 24.6 Å². The summed E-state index contributed by atoms with van der Waals surface area (Å²) in [6.07, 6.45) is -0.0422. The Morgan fingerprint density at radius 2 is 1.78 bits per heavy atom. The maximum atomic E-state index is 13.8. The molecule has 0 radical (unpaired) electrons. The molecule has 2 aromatic rings. The van der Waals surface area contributed by atoms with Crippen molar-refractivity contribution in [1.82, 2.24) is 10.6 Å². The first-order valence-electron chi connectivity index (χ1n) is 11.9. The molecule has 1 heterocycles. The average Bonchev–Trinajstić information content (AvgIpc) is 3.19. The van der Waals surface area contributed by atoms with Crippen molar-refractivity contribution in [2.45, 2.75) is 56.8 Å². The molecule has 0 aliphatic carbocycles. The minimum Gasteiger partial charge on any atom is -0.508 e. The number of carbonyl (C=O) groups excluding carboxylic acids is 3. The summed E-state index contributed by atoms with van der Waals surface area (Å²) in [7, 11) is 0. The van der Waals surface area contributed by atoms with Gasteiger partial charge in [0.1, 0.15) is 5.75 Å². The molecule has 0 spiro atoms. The van der Waals surface area contributed by atoms with E-state index in [-0.39, 0.29) is 24.3 Å². The number of aliphatic hydroxyl groups is 1. The smallest absolute Gasteiger partial charge is 0.238 e. The maximum absolute atomic E-state index is 13.8. The average molecular weight is 516 g/mol. The molecule has 2 aromatic carbocycles. The fourth-order valence-electron chi connectivity index (χ4n) is 4.54. The third-order valence-corrected chi connectivity index (χ3v) is 6.89. The molecule has 1 unspecified atom stereocenters. The zero-order chi connectivity index (χ0) is 26.8. The number of Topliss-reactive ketones (excluding diaryl/α,β-unsaturated/α-hetero) is 2. The van der Waals surface area contributed by atoms with Crippen molar-refractivity contribution in [1.29, 1.82) is 0 Å². The van der Waals surface area contributed by atoms with E-state index in [1.54, 1.807) is 58.0 Å². The van der Waals surface area contributed by atoms with E-state index in [4.69, 9.17) is 17.3 Å². The molecule has 0 bridgehead atoms. The Labute approximate surface area is 216 Å². The predicted octanol–water partition coefficient (Wildman–Crippen LogP) is 2.07. The van der Waals surface area contributed by atoms with Crippen LogP contribution in [-0.4, -0.2) is 56.9 Å². The lowest BCUT2D eigenvalue weighted by Crippen LogP contribution is -2.63. The Morgan fingerprint density at radius 1 is 1.14 bits per heavy atom. The summed E-state index contributed by atoms with van der Waals surface area (Å²) in [4.78, 5) is 40.5. The third-order valence-electron chi connectivity index (χ3n) is 6.46. The molecule has 1 saturated heterocycles. The van der Waals surface area contributed by atoms with Crippen LogP contribution in [0.25, 0.3) is 0 Å². The molecule has 6 N–H and O–H groups in total. The Kier molecular flexibility index (Phi) is 8.25. The Hall–Kier alpha value is -2.78. The summed E-state index contributed by atoms with van der Waals surface area (Å²) in [5.74, 6) is -4.60. The SMILES string of the molecule is Cc1c(O)cccc1C(=O)[C@@H](Cc1ccccc1)[C@](N)(O)C(=O)C1[C@H](Cl)CN[C@@H]1C(=O)NC(C)(C)C. The number of phenolic OH excluding ortho intramolecular Hbond substituents is 1. The summed E-state index contributed by atoms with van der Waals surface area (Å²) >= 11 is 6.45. The van der Waals surface area contributed by atoms with Gasteiger partial charge in [-0.1, -0.05) is 42.5 Å². The first kappa shape index (κ1) is 27.8. The van der Waals surface area contributed by atoms with Crippen molar-refractivity contribution in [3.05, 3.63) is 65.2 Å². The number of phenols is 1. The zero-order valence-electron chi connectivity index (χ0n) is 20.9. The second-order valence-corrected chi connectivity index (χ2v) is 11.0. The number of hydrogen-bond donors (Lipinski definition) is 5. The van der Waals surface area contributed by atoms with Crippen molar-refractivity contribution in [3.8, 4) is 5.75 Å². The van der Waals surface area contributed by atoms with Gasteiger partial charge in [-0.25, -0.2) is 0 Å². The monoisotopic (exact) mass is 515 g/mol. The molecule has 8 nitrogen and oxygen atoms in total. The number of halogens is 1. The summed E-state index contributed by atoms with van der Waals surface area (Å²) < 4.78 is 0. The number of benzene rings is 2. The largest absolute Gasteiger partial charge is 0.508 e. The van der Waals surface area contributed by atoms with E-state index in [1.165, 1.54) is 18.2 Å². The van der Waals surface area contributed by atoms with Crippen molar-refractivity contribution in [2.75, 3.05) is 6.54 Å². The van der Waals surface area contributed by atoms with Crippen LogP contribution in [0.15, 0.2) is 48.5 Å². The highest BCUT2D eigenvalue weighted by Gasteiger charge is 2.54. The van der Waals surface area contributed by atoms with Crippen molar-refractivity contribution in [3.63, 3.8) is 0 Å². The fourth-order valence-corrected chi connectivity index (χ4v) is 4.88. The highest BCUT2D eigenvalue weighted by Crippen LogP contribution is 2.33. The number of ketones is 2. The van der Waals surface area contributed by atoms with E-state index in [1.807, 2.05) is 0 Å². The zero-order valence-corrected chi connectivity index (χ0v) is 21.7.